The molecular formula is C13H22N2O2S. The Labute approximate surface area is 110 Å². The van der Waals surface area contributed by atoms with Crippen molar-refractivity contribution in [2.24, 2.45) is 0 Å². The van der Waals surface area contributed by atoms with Crippen molar-refractivity contribution in [1.82, 2.24) is 10.0 Å². The molecule has 0 amide bonds. The van der Waals surface area contributed by atoms with Gasteiger partial charge in [-0.25, -0.2) is 13.1 Å². The van der Waals surface area contributed by atoms with Crippen molar-refractivity contribution >= 4 is 10.0 Å². The van der Waals surface area contributed by atoms with Gasteiger partial charge < -0.3 is 5.32 Å². The predicted octanol–water partition coefficient (Wildman–Crippen LogP) is 1.07. The first-order valence-electron chi connectivity index (χ1n) is 6.21. The molecule has 0 aliphatic rings. The summed E-state index contributed by atoms with van der Waals surface area (Å²) in [6, 6.07) is 8.03. The smallest absolute Gasteiger partial charge is 0.211 e. The standard InChI is InChI=1S/C13H22N2O2S/c1-12-6-3-4-7-13(12)8-10-15-18(16,17)11-5-9-14-2/h3-4,6-7,14-15H,5,8-11H2,1-2H3. The van der Waals surface area contributed by atoms with E-state index >= 15 is 0 Å². The molecule has 18 heavy (non-hydrogen) atoms. The van der Waals surface area contributed by atoms with Crippen LogP contribution in [0, 0.1) is 6.92 Å². The van der Waals surface area contributed by atoms with E-state index in [4.69, 9.17) is 0 Å². The van der Waals surface area contributed by atoms with Gasteiger partial charge in [-0.3, -0.25) is 0 Å². The van der Waals surface area contributed by atoms with Crippen LogP contribution in [0.1, 0.15) is 17.5 Å². The molecule has 0 fully saturated rings. The lowest BCUT2D eigenvalue weighted by molar-refractivity contribution is 0.577. The zero-order valence-electron chi connectivity index (χ0n) is 11.1. The summed E-state index contributed by atoms with van der Waals surface area (Å²) in [5, 5.41) is 2.94. The minimum absolute atomic E-state index is 0.182. The zero-order valence-corrected chi connectivity index (χ0v) is 11.9. The number of sulfonamides is 1. The third kappa shape index (κ3) is 5.62. The van der Waals surface area contributed by atoms with E-state index in [1.807, 2.05) is 38.2 Å². The molecular weight excluding hydrogens is 248 g/mol. The number of benzene rings is 1. The highest BCUT2D eigenvalue weighted by molar-refractivity contribution is 7.89. The van der Waals surface area contributed by atoms with E-state index in [1.165, 1.54) is 11.1 Å². The molecule has 0 spiro atoms. The lowest BCUT2D eigenvalue weighted by Gasteiger charge is -2.08. The Bertz CT molecular complexity index is 458. The number of aryl methyl sites for hydroxylation is 1. The first-order chi connectivity index (χ1) is 8.55. The highest BCUT2D eigenvalue weighted by Crippen LogP contribution is 2.07. The minimum Gasteiger partial charge on any atom is -0.320 e. The summed E-state index contributed by atoms with van der Waals surface area (Å²) in [5.41, 5.74) is 2.39. The summed E-state index contributed by atoms with van der Waals surface area (Å²) in [4.78, 5) is 0. The number of nitrogens with one attached hydrogen (secondary N) is 2. The van der Waals surface area contributed by atoms with Gasteiger partial charge in [0.25, 0.3) is 0 Å². The van der Waals surface area contributed by atoms with E-state index in [1.54, 1.807) is 0 Å². The molecule has 5 heteroatoms. The SMILES string of the molecule is CNCCCS(=O)(=O)NCCc1ccccc1C. The maximum atomic E-state index is 11.6. The number of hydrogen-bond acceptors (Lipinski definition) is 3. The van der Waals surface area contributed by atoms with Crippen LogP contribution in [0.15, 0.2) is 24.3 Å². The highest BCUT2D eigenvalue weighted by Gasteiger charge is 2.08. The molecule has 1 aromatic rings. The third-order valence-corrected chi connectivity index (χ3v) is 4.29. The number of rotatable bonds is 8. The Morgan fingerprint density at radius 2 is 1.89 bits per heavy atom. The van der Waals surface area contributed by atoms with E-state index in [9.17, 15) is 8.42 Å². The van der Waals surface area contributed by atoms with Crippen molar-refractivity contribution in [2.45, 2.75) is 19.8 Å². The Kier molecular flexibility index (Phi) is 6.32. The van der Waals surface area contributed by atoms with Gasteiger partial charge in [-0.15, -0.1) is 0 Å². The second-order valence-corrected chi connectivity index (χ2v) is 6.27. The largest absolute Gasteiger partial charge is 0.320 e. The van der Waals surface area contributed by atoms with E-state index in [2.05, 4.69) is 10.0 Å². The van der Waals surface area contributed by atoms with E-state index in [0.717, 1.165) is 13.0 Å². The van der Waals surface area contributed by atoms with Gasteiger partial charge in [0, 0.05) is 6.54 Å². The average molecular weight is 270 g/mol. The van der Waals surface area contributed by atoms with Crippen molar-refractivity contribution in [1.29, 1.82) is 0 Å². The first-order valence-corrected chi connectivity index (χ1v) is 7.87. The predicted molar refractivity (Wildman–Crippen MR) is 75.2 cm³/mol. The molecule has 0 atom stereocenters. The fourth-order valence-corrected chi connectivity index (χ4v) is 2.82. The molecule has 102 valence electrons. The summed E-state index contributed by atoms with van der Waals surface area (Å²) in [5.74, 6) is 0.182. The Morgan fingerprint density at radius 1 is 1.17 bits per heavy atom. The van der Waals surface area contributed by atoms with Crippen LogP contribution >= 0.6 is 0 Å². The quantitative estimate of drug-likeness (QED) is 0.695. The molecule has 0 bridgehead atoms. The van der Waals surface area contributed by atoms with Crippen molar-refractivity contribution in [3.8, 4) is 0 Å². The van der Waals surface area contributed by atoms with Crippen molar-refractivity contribution in [3.63, 3.8) is 0 Å². The van der Waals surface area contributed by atoms with Crippen molar-refractivity contribution in [2.75, 3.05) is 25.9 Å². The molecule has 0 aliphatic carbocycles. The number of hydrogen-bond donors (Lipinski definition) is 2. The normalized spacial score (nSPS) is 11.7. The van der Waals surface area contributed by atoms with Crippen LogP contribution in [0.4, 0.5) is 0 Å². The van der Waals surface area contributed by atoms with Crippen LogP contribution in [-0.2, 0) is 16.4 Å². The third-order valence-electron chi connectivity index (χ3n) is 2.82. The molecule has 4 nitrogen and oxygen atoms in total. The second kappa shape index (κ2) is 7.51. The zero-order chi connectivity index (χ0) is 13.4. The monoisotopic (exact) mass is 270 g/mol. The van der Waals surface area contributed by atoms with Gasteiger partial charge in [-0.1, -0.05) is 24.3 Å². The topological polar surface area (TPSA) is 58.2 Å². The van der Waals surface area contributed by atoms with Crippen LogP contribution in [0.2, 0.25) is 0 Å². The molecule has 0 aromatic heterocycles. The van der Waals surface area contributed by atoms with Gasteiger partial charge in [0.05, 0.1) is 5.75 Å². The van der Waals surface area contributed by atoms with Gasteiger partial charge in [0.2, 0.25) is 10.0 Å². The first kappa shape index (κ1) is 15.1. The van der Waals surface area contributed by atoms with Crippen LogP contribution in [0.5, 0.6) is 0 Å². The van der Waals surface area contributed by atoms with Gasteiger partial charge in [0.15, 0.2) is 0 Å². The van der Waals surface area contributed by atoms with E-state index in [0.29, 0.717) is 13.0 Å². The molecule has 0 saturated carbocycles. The van der Waals surface area contributed by atoms with Crippen LogP contribution in [-0.4, -0.2) is 34.3 Å². The molecule has 0 saturated heterocycles. The van der Waals surface area contributed by atoms with Gasteiger partial charge in [-0.2, -0.15) is 0 Å². The van der Waals surface area contributed by atoms with E-state index in [-0.39, 0.29) is 5.75 Å². The van der Waals surface area contributed by atoms with Crippen LogP contribution in [0.25, 0.3) is 0 Å². The summed E-state index contributed by atoms with van der Waals surface area (Å²) in [6.07, 6.45) is 1.37. The van der Waals surface area contributed by atoms with Crippen molar-refractivity contribution < 1.29 is 8.42 Å². The average Bonchev–Trinajstić information content (AvgIpc) is 2.32. The molecule has 2 N–H and O–H groups in total. The lowest BCUT2D eigenvalue weighted by atomic mass is 10.1. The van der Waals surface area contributed by atoms with Gasteiger partial charge in [0.1, 0.15) is 0 Å². The Hall–Kier alpha value is -0.910. The van der Waals surface area contributed by atoms with Crippen LogP contribution < -0.4 is 10.0 Å². The lowest BCUT2D eigenvalue weighted by Crippen LogP contribution is -2.29. The molecule has 0 unspecified atom stereocenters. The summed E-state index contributed by atoms with van der Waals surface area (Å²) < 4.78 is 25.9. The highest BCUT2D eigenvalue weighted by atomic mass is 32.2. The molecule has 1 aromatic carbocycles. The van der Waals surface area contributed by atoms with Gasteiger partial charge >= 0.3 is 0 Å². The minimum atomic E-state index is -3.13. The summed E-state index contributed by atoms with van der Waals surface area (Å²) >= 11 is 0. The van der Waals surface area contributed by atoms with Gasteiger partial charge in [-0.05, 0) is 44.5 Å². The summed E-state index contributed by atoms with van der Waals surface area (Å²) in [7, 11) is -1.31. The van der Waals surface area contributed by atoms with Crippen molar-refractivity contribution in [3.05, 3.63) is 35.4 Å². The molecule has 0 aliphatic heterocycles. The maximum absolute atomic E-state index is 11.6. The fourth-order valence-electron chi connectivity index (χ4n) is 1.74. The summed E-state index contributed by atoms with van der Waals surface area (Å²) in [6.45, 7) is 3.22. The Balaban J connectivity index is 2.35. The Morgan fingerprint density at radius 3 is 2.56 bits per heavy atom. The maximum Gasteiger partial charge on any atom is 0.211 e. The fraction of sp³-hybridized carbons (Fsp3) is 0.538. The second-order valence-electron chi connectivity index (χ2n) is 4.35. The molecule has 0 heterocycles. The van der Waals surface area contributed by atoms with E-state index < -0.39 is 10.0 Å². The molecule has 1 rings (SSSR count). The molecule has 0 radical (unpaired) electrons. The van der Waals surface area contributed by atoms with Crippen LogP contribution in [0.3, 0.4) is 0 Å².